The maximum atomic E-state index is 11.6. The van der Waals surface area contributed by atoms with Crippen LogP contribution >= 0.6 is 0 Å². The number of nitrogens with one attached hydrogen (secondary N) is 1. The van der Waals surface area contributed by atoms with Gasteiger partial charge in [0, 0.05) is 79.0 Å². The van der Waals surface area contributed by atoms with Gasteiger partial charge in [0.25, 0.3) is 5.91 Å². The molecule has 0 saturated carbocycles. The Balaban J connectivity index is 0.000000221. The van der Waals surface area contributed by atoms with Gasteiger partial charge in [-0.1, -0.05) is 13.8 Å². The van der Waals surface area contributed by atoms with Gasteiger partial charge in [-0.15, -0.1) is 0 Å². The van der Waals surface area contributed by atoms with Crippen LogP contribution < -0.4 is 5.32 Å². The summed E-state index contributed by atoms with van der Waals surface area (Å²) in [7, 11) is 7.80. The third-order valence-electron chi connectivity index (χ3n) is 7.41. The minimum atomic E-state index is -0.0835. The topological polar surface area (TPSA) is 107 Å². The number of rotatable bonds is 7. The summed E-state index contributed by atoms with van der Waals surface area (Å²) in [6, 6.07) is 0. The average Bonchev–Trinajstić information content (AvgIpc) is 3.85. The summed E-state index contributed by atoms with van der Waals surface area (Å²) in [6.45, 7) is 11.7. The van der Waals surface area contributed by atoms with E-state index in [1.54, 1.807) is 29.7 Å². The molecule has 6 rings (SSSR count). The van der Waals surface area contributed by atoms with Gasteiger partial charge in [0.15, 0.2) is 0 Å². The Labute approximate surface area is 270 Å². The van der Waals surface area contributed by atoms with Gasteiger partial charge in [-0.25, -0.2) is 19.9 Å². The molecule has 0 radical (unpaired) electrons. The molecule has 0 aliphatic carbocycles. The average molecular weight is 624 g/mol. The van der Waals surface area contributed by atoms with Gasteiger partial charge in [0.1, 0.15) is 5.69 Å². The molecular formula is C33H57N11O. The number of aryl methyl sites for hydroxylation is 6. The molecule has 1 N–H and O–H groups in total. The van der Waals surface area contributed by atoms with Crippen LogP contribution in [0, 0.1) is 13.8 Å². The molecule has 2 aliphatic rings. The number of imidazole rings is 4. The van der Waals surface area contributed by atoms with Crippen LogP contribution in [0.3, 0.4) is 0 Å². The number of likely N-dealkylation sites (tertiary alicyclic amines) is 2. The third-order valence-corrected chi connectivity index (χ3v) is 7.41. The molecule has 2 fully saturated rings. The SMILES string of the molecule is C.Cc1cn(C)cn1.Cc1cn(C)cn1.Cn1cnc(C(=O)NCCN2CCCC2)c1.Cn1cnc(CCN2CCCCC2)c1. The molecular weight excluding hydrogens is 566 g/mol. The van der Waals surface area contributed by atoms with Crippen molar-refractivity contribution in [3.05, 3.63) is 72.9 Å². The van der Waals surface area contributed by atoms with Gasteiger partial charge in [-0.05, 0) is 65.7 Å². The molecule has 4 aromatic rings. The Morgan fingerprint density at radius 2 is 1.11 bits per heavy atom. The first-order chi connectivity index (χ1) is 21.2. The van der Waals surface area contributed by atoms with E-state index < -0.39 is 0 Å². The first kappa shape index (κ1) is 37.4. The molecule has 2 saturated heterocycles. The van der Waals surface area contributed by atoms with E-state index in [0.29, 0.717) is 12.2 Å². The predicted octanol–water partition coefficient (Wildman–Crippen LogP) is 3.79. The number of amides is 1. The maximum Gasteiger partial charge on any atom is 0.271 e. The van der Waals surface area contributed by atoms with Gasteiger partial charge in [-0.2, -0.15) is 0 Å². The lowest BCUT2D eigenvalue weighted by Gasteiger charge is -2.25. The van der Waals surface area contributed by atoms with Crippen LogP contribution in [0.15, 0.2) is 50.1 Å². The zero-order valence-electron chi connectivity index (χ0n) is 27.7. The number of aromatic nitrogens is 8. The molecule has 0 atom stereocenters. The van der Waals surface area contributed by atoms with Crippen LogP contribution in [0.5, 0.6) is 0 Å². The van der Waals surface area contributed by atoms with Crippen LogP contribution in [0.25, 0.3) is 0 Å². The molecule has 1 amide bonds. The van der Waals surface area contributed by atoms with Crippen LogP contribution in [-0.2, 0) is 34.6 Å². The van der Waals surface area contributed by atoms with Crippen molar-refractivity contribution in [3.8, 4) is 0 Å². The van der Waals surface area contributed by atoms with Gasteiger partial charge in [0.05, 0.1) is 42.4 Å². The van der Waals surface area contributed by atoms with Crippen LogP contribution in [0.1, 0.15) is 67.1 Å². The van der Waals surface area contributed by atoms with Crippen molar-refractivity contribution in [2.24, 2.45) is 28.2 Å². The normalized spacial score (nSPS) is 14.6. The second-order valence-corrected chi connectivity index (χ2v) is 11.8. The van der Waals surface area contributed by atoms with Crippen molar-refractivity contribution in [1.29, 1.82) is 0 Å². The van der Waals surface area contributed by atoms with Gasteiger partial charge in [-0.3, -0.25) is 4.79 Å². The quantitative estimate of drug-likeness (QED) is 0.334. The first-order valence-corrected chi connectivity index (χ1v) is 15.7. The Morgan fingerprint density at radius 3 is 1.53 bits per heavy atom. The van der Waals surface area contributed by atoms with Crippen LogP contribution in [0.4, 0.5) is 0 Å². The summed E-state index contributed by atoms with van der Waals surface area (Å²) in [4.78, 5) is 32.9. The molecule has 12 nitrogen and oxygen atoms in total. The summed E-state index contributed by atoms with van der Waals surface area (Å²) in [5.41, 5.74) is 3.85. The predicted molar refractivity (Wildman–Crippen MR) is 181 cm³/mol. The molecule has 250 valence electrons. The molecule has 0 bridgehead atoms. The standard InChI is InChI=1S/C11H18N4O.C11H19N3.2C5H8N2.CH4/c1-14-8-10(13-9-14)11(16)12-4-7-15-5-2-3-6-15;1-13-9-11(12-10-13)5-8-14-6-3-2-4-7-14;2*1-5-3-7(2)4-6-5;/h8-9H,2-7H2,1H3,(H,12,16);9-10H,2-8H2,1H3;2*3-4H,1-2H3;1H4. The number of carbonyl (C=O) groups excluding carboxylic acids is 1. The molecule has 4 aromatic heterocycles. The molecule has 2 aliphatic heterocycles. The lowest BCUT2D eigenvalue weighted by atomic mass is 10.1. The summed E-state index contributed by atoms with van der Waals surface area (Å²) in [5.74, 6) is -0.0835. The van der Waals surface area contributed by atoms with Gasteiger partial charge >= 0.3 is 0 Å². The van der Waals surface area contributed by atoms with E-state index in [0.717, 1.165) is 24.4 Å². The van der Waals surface area contributed by atoms with Crippen molar-refractivity contribution in [2.75, 3.05) is 45.8 Å². The fourth-order valence-electron chi connectivity index (χ4n) is 5.09. The highest BCUT2D eigenvalue weighted by molar-refractivity contribution is 5.91. The molecule has 0 aromatic carbocycles. The Hall–Kier alpha value is -3.77. The summed E-state index contributed by atoms with van der Waals surface area (Å²) in [6.07, 6.45) is 22.7. The van der Waals surface area contributed by atoms with Crippen molar-refractivity contribution < 1.29 is 4.79 Å². The van der Waals surface area contributed by atoms with E-state index in [1.165, 1.54) is 70.5 Å². The summed E-state index contributed by atoms with van der Waals surface area (Å²) in [5, 5.41) is 2.88. The second kappa shape index (κ2) is 20.3. The molecule has 0 unspecified atom stereocenters. The number of carbonyl (C=O) groups is 1. The Kier molecular flexibility index (Phi) is 16.9. The van der Waals surface area contributed by atoms with Crippen molar-refractivity contribution >= 4 is 5.91 Å². The second-order valence-electron chi connectivity index (χ2n) is 11.8. The minimum absolute atomic E-state index is 0. The highest BCUT2D eigenvalue weighted by atomic mass is 16.1. The smallest absolute Gasteiger partial charge is 0.271 e. The fourth-order valence-corrected chi connectivity index (χ4v) is 5.09. The molecule has 6 heterocycles. The Bertz CT molecular complexity index is 1270. The maximum absolute atomic E-state index is 11.6. The van der Waals surface area contributed by atoms with Crippen molar-refractivity contribution in [2.45, 2.75) is 59.8 Å². The highest BCUT2D eigenvalue weighted by Crippen LogP contribution is 2.09. The lowest BCUT2D eigenvalue weighted by Crippen LogP contribution is -2.33. The molecule has 45 heavy (non-hydrogen) atoms. The number of nitrogens with zero attached hydrogens (tertiary/aromatic N) is 10. The fraction of sp³-hybridized carbons (Fsp3) is 0.606. The lowest BCUT2D eigenvalue weighted by molar-refractivity contribution is 0.0945. The highest BCUT2D eigenvalue weighted by Gasteiger charge is 2.12. The zero-order valence-corrected chi connectivity index (χ0v) is 27.7. The van der Waals surface area contributed by atoms with Crippen LogP contribution in [0.2, 0.25) is 0 Å². The van der Waals surface area contributed by atoms with E-state index >= 15 is 0 Å². The van der Waals surface area contributed by atoms with E-state index in [-0.39, 0.29) is 13.3 Å². The zero-order chi connectivity index (χ0) is 31.7. The van der Waals surface area contributed by atoms with Crippen LogP contribution in [-0.4, -0.2) is 99.7 Å². The van der Waals surface area contributed by atoms with E-state index in [1.807, 2.05) is 74.5 Å². The summed E-state index contributed by atoms with van der Waals surface area (Å²) >= 11 is 0. The van der Waals surface area contributed by atoms with E-state index in [9.17, 15) is 4.79 Å². The largest absolute Gasteiger partial charge is 0.349 e. The molecule has 0 spiro atoms. The molecule has 12 heteroatoms. The monoisotopic (exact) mass is 623 g/mol. The minimum Gasteiger partial charge on any atom is -0.349 e. The number of piperidine rings is 1. The van der Waals surface area contributed by atoms with Crippen molar-refractivity contribution in [1.82, 2.24) is 53.3 Å². The number of hydrogen-bond donors (Lipinski definition) is 1. The first-order valence-electron chi connectivity index (χ1n) is 15.7. The van der Waals surface area contributed by atoms with E-state index in [2.05, 4.69) is 41.2 Å². The van der Waals surface area contributed by atoms with Gasteiger partial charge in [0.2, 0.25) is 0 Å². The van der Waals surface area contributed by atoms with Crippen molar-refractivity contribution in [3.63, 3.8) is 0 Å². The Morgan fingerprint density at radius 1 is 0.644 bits per heavy atom. The van der Waals surface area contributed by atoms with E-state index in [4.69, 9.17) is 0 Å². The third kappa shape index (κ3) is 15.2. The number of hydrogen-bond acceptors (Lipinski definition) is 7. The van der Waals surface area contributed by atoms with Gasteiger partial charge < -0.3 is 33.4 Å². The summed E-state index contributed by atoms with van der Waals surface area (Å²) < 4.78 is 7.64.